The lowest BCUT2D eigenvalue weighted by molar-refractivity contribution is -0.136. The average molecular weight is 855 g/mol. The highest BCUT2D eigenvalue weighted by molar-refractivity contribution is 7.90. The molecule has 5 aromatic rings. The van der Waals surface area contributed by atoms with Gasteiger partial charge in [-0.1, -0.05) is 24.3 Å². The van der Waals surface area contributed by atoms with Gasteiger partial charge in [-0.05, 0) is 72.4 Å². The van der Waals surface area contributed by atoms with Gasteiger partial charge in [0, 0.05) is 98.9 Å². The molecule has 18 heteroatoms. The topological polar surface area (TPSA) is 168 Å². The van der Waals surface area contributed by atoms with Crippen LogP contribution in [0.15, 0.2) is 73.1 Å². The van der Waals surface area contributed by atoms with Crippen molar-refractivity contribution in [2.75, 3.05) is 55.4 Å². The van der Waals surface area contributed by atoms with Gasteiger partial charge in [0.1, 0.15) is 23.7 Å². The van der Waals surface area contributed by atoms with E-state index in [2.05, 4.69) is 25.1 Å². The highest BCUT2D eigenvalue weighted by atomic mass is 32.2. The molecule has 4 aliphatic rings. The Bertz CT molecular complexity index is 2700. The predicted molar refractivity (Wildman–Crippen MR) is 220 cm³/mol. The van der Waals surface area contributed by atoms with Gasteiger partial charge in [0.05, 0.1) is 11.3 Å². The molecule has 6 heterocycles. The molecule has 4 aliphatic heterocycles. The fourth-order valence-corrected chi connectivity index (χ4v) is 9.84. The number of H-pyrrole nitrogens is 1. The Hall–Kier alpha value is -6.11. The number of fused-ring (bicyclic) bond motifs is 2. The summed E-state index contributed by atoms with van der Waals surface area (Å²) in [4.78, 5) is 64.4. The Balaban J connectivity index is 0.815. The summed E-state index contributed by atoms with van der Waals surface area (Å²) < 4.78 is 72.9. The molecule has 2 unspecified atom stereocenters. The van der Waals surface area contributed by atoms with Crippen LogP contribution in [0.5, 0.6) is 0 Å². The Labute approximate surface area is 348 Å². The molecule has 0 radical (unpaired) electrons. The standard InChI is InChI=1S/C43H41F3N8O6S/c44-29-12-14-53(24-29)61(59,60)50-35-8-7-34(45)38(39(35)46)40(56)33-22-48-41-32(33)20-27(21-47-41)26-3-1-25(2-4-26)11-13-51-15-17-52(18-16-51)30-5-6-31-28(19-30)23-54(43(31)58)36-9-10-37(55)49-42(36)57/h1-8,19-22,29,36,50H,9-18,23-24H2,(H,47,48)(H,49,55,57). The Kier molecular flexibility index (Phi) is 10.6. The summed E-state index contributed by atoms with van der Waals surface area (Å²) >= 11 is 0. The average Bonchev–Trinajstić information content (AvgIpc) is 3.98. The third-order valence-corrected chi connectivity index (χ3v) is 13.5. The van der Waals surface area contributed by atoms with Crippen LogP contribution in [-0.2, 0) is 32.8 Å². The second kappa shape index (κ2) is 16.1. The maximum Gasteiger partial charge on any atom is 0.301 e. The fourth-order valence-electron chi connectivity index (χ4n) is 8.57. The van der Waals surface area contributed by atoms with Crippen LogP contribution >= 0.6 is 0 Å². The minimum Gasteiger partial charge on any atom is -0.369 e. The number of ketones is 1. The van der Waals surface area contributed by atoms with Crippen molar-refractivity contribution < 1.29 is 40.8 Å². The minimum atomic E-state index is -4.36. The van der Waals surface area contributed by atoms with Crippen molar-refractivity contribution in [2.24, 2.45) is 0 Å². The summed E-state index contributed by atoms with van der Waals surface area (Å²) in [6.07, 6.45) is 2.93. The highest BCUT2D eigenvalue weighted by Gasteiger charge is 2.39. The number of pyridine rings is 1. The van der Waals surface area contributed by atoms with E-state index in [0.717, 1.165) is 78.0 Å². The van der Waals surface area contributed by atoms with Crippen LogP contribution in [-0.4, -0.2) is 114 Å². The second-order valence-corrected chi connectivity index (χ2v) is 17.5. The first kappa shape index (κ1) is 40.3. The third-order valence-electron chi connectivity index (χ3n) is 12.0. The van der Waals surface area contributed by atoms with Crippen molar-refractivity contribution in [1.82, 2.24) is 29.4 Å². The molecule has 61 heavy (non-hydrogen) atoms. The van der Waals surface area contributed by atoms with Crippen LogP contribution < -0.4 is 14.9 Å². The summed E-state index contributed by atoms with van der Waals surface area (Å²) in [5, 5.41) is 2.67. The Morgan fingerprint density at radius 1 is 0.918 bits per heavy atom. The number of halogens is 3. The molecule has 3 fully saturated rings. The molecule has 3 amide bonds. The Morgan fingerprint density at radius 3 is 2.44 bits per heavy atom. The number of carbonyl (C=O) groups excluding carboxylic acids is 4. The van der Waals surface area contributed by atoms with Gasteiger partial charge in [0.2, 0.25) is 17.6 Å². The largest absolute Gasteiger partial charge is 0.369 e. The number of hydrogen-bond acceptors (Lipinski definition) is 9. The number of anilines is 2. The monoisotopic (exact) mass is 854 g/mol. The first-order valence-electron chi connectivity index (χ1n) is 20.1. The number of piperidine rings is 1. The normalized spacial score (nSPS) is 20.1. The van der Waals surface area contributed by atoms with Crippen molar-refractivity contribution in [3.63, 3.8) is 0 Å². The SMILES string of the molecule is O=C1CCC(N2Cc3cc(N4CCN(CCc5ccc(-c6cnc7[nH]cc(C(=O)c8c(F)ccc(NS(=O)(=O)N9CCC(F)C9)c8F)c7c6)cc5)CC4)ccc3C2=O)C(=O)N1. The zero-order valence-electron chi connectivity index (χ0n) is 32.8. The highest BCUT2D eigenvalue weighted by Crippen LogP contribution is 2.33. The molecule has 0 spiro atoms. The zero-order valence-corrected chi connectivity index (χ0v) is 33.6. The molecule has 0 saturated carbocycles. The summed E-state index contributed by atoms with van der Waals surface area (Å²) in [6, 6.07) is 16.5. The number of imide groups is 1. The molecule has 3 aromatic carbocycles. The maximum absolute atomic E-state index is 15.7. The number of amides is 3. The summed E-state index contributed by atoms with van der Waals surface area (Å²) in [5.74, 6) is -4.50. The predicted octanol–water partition coefficient (Wildman–Crippen LogP) is 4.57. The van der Waals surface area contributed by atoms with Crippen LogP contribution in [0.4, 0.5) is 24.5 Å². The number of piperazine rings is 1. The van der Waals surface area contributed by atoms with Crippen molar-refractivity contribution in [1.29, 1.82) is 0 Å². The van der Waals surface area contributed by atoms with E-state index in [4.69, 9.17) is 0 Å². The molecular weight excluding hydrogens is 814 g/mol. The van der Waals surface area contributed by atoms with Crippen molar-refractivity contribution in [3.8, 4) is 11.1 Å². The van der Waals surface area contributed by atoms with E-state index in [9.17, 15) is 32.0 Å². The van der Waals surface area contributed by atoms with Crippen molar-refractivity contribution >= 4 is 56.1 Å². The molecule has 2 aromatic heterocycles. The van der Waals surface area contributed by atoms with Crippen molar-refractivity contribution in [3.05, 3.63) is 113 Å². The maximum atomic E-state index is 15.7. The number of carbonyl (C=O) groups is 4. The summed E-state index contributed by atoms with van der Waals surface area (Å²) in [6.45, 7) is 4.03. The minimum absolute atomic E-state index is 0.000423. The number of rotatable bonds is 11. The van der Waals surface area contributed by atoms with Crippen LogP contribution in [0.25, 0.3) is 22.2 Å². The number of aromatic amines is 1. The molecule has 9 rings (SSSR count). The van der Waals surface area contributed by atoms with Gasteiger partial charge in [0.25, 0.3) is 5.91 Å². The van der Waals surface area contributed by atoms with E-state index in [1.807, 2.05) is 47.2 Å². The van der Waals surface area contributed by atoms with Gasteiger partial charge in [-0.3, -0.25) is 34.1 Å². The number of nitrogens with zero attached hydrogens (tertiary/aromatic N) is 5. The van der Waals surface area contributed by atoms with Gasteiger partial charge in [0.15, 0.2) is 5.82 Å². The molecule has 0 bridgehead atoms. The molecule has 2 atom stereocenters. The lowest BCUT2D eigenvalue weighted by atomic mass is 9.99. The van der Waals surface area contributed by atoms with E-state index in [1.54, 1.807) is 17.2 Å². The second-order valence-electron chi connectivity index (χ2n) is 15.8. The number of benzene rings is 3. The van der Waals surface area contributed by atoms with E-state index in [1.165, 1.54) is 6.20 Å². The van der Waals surface area contributed by atoms with E-state index >= 15 is 8.78 Å². The summed E-state index contributed by atoms with van der Waals surface area (Å²) in [5.41, 5.74) is 3.80. The molecule has 316 valence electrons. The lowest BCUT2D eigenvalue weighted by Crippen LogP contribution is -2.52. The smallest absolute Gasteiger partial charge is 0.301 e. The molecule has 3 N–H and O–H groups in total. The van der Waals surface area contributed by atoms with Crippen LogP contribution in [0, 0.1) is 11.6 Å². The summed E-state index contributed by atoms with van der Waals surface area (Å²) in [7, 11) is -4.36. The van der Waals surface area contributed by atoms with E-state index in [-0.39, 0.29) is 36.8 Å². The fraction of sp³-hybridized carbons (Fsp3) is 0.326. The quantitative estimate of drug-likeness (QED) is 0.128. The lowest BCUT2D eigenvalue weighted by Gasteiger charge is -2.36. The van der Waals surface area contributed by atoms with Crippen LogP contribution in [0.2, 0.25) is 0 Å². The van der Waals surface area contributed by atoms with Gasteiger partial charge in [-0.2, -0.15) is 12.7 Å². The first-order valence-corrected chi connectivity index (χ1v) is 21.5. The number of nitrogens with one attached hydrogen (secondary N) is 3. The molecule has 0 aliphatic carbocycles. The van der Waals surface area contributed by atoms with Crippen molar-refractivity contribution in [2.45, 2.75) is 44.4 Å². The third kappa shape index (κ3) is 7.86. The first-order chi connectivity index (χ1) is 29.3. The Morgan fingerprint density at radius 2 is 1.70 bits per heavy atom. The molecular formula is C43H41F3N8O6S. The van der Waals surface area contributed by atoms with Crippen LogP contribution in [0.3, 0.4) is 0 Å². The zero-order chi connectivity index (χ0) is 42.6. The molecule has 3 saturated heterocycles. The number of aromatic nitrogens is 2. The van der Waals surface area contributed by atoms with E-state index < -0.39 is 63.5 Å². The van der Waals surface area contributed by atoms with Crippen LogP contribution in [0.1, 0.15) is 56.7 Å². The van der Waals surface area contributed by atoms with Gasteiger partial charge >= 0.3 is 10.2 Å². The van der Waals surface area contributed by atoms with Gasteiger partial charge in [-0.15, -0.1) is 0 Å². The number of hydrogen-bond donors (Lipinski definition) is 3. The molecule has 14 nitrogen and oxygen atoms in total. The number of alkyl halides is 1. The van der Waals surface area contributed by atoms with Gasteiger partial charge in [-0.25, -0.2) is 18.2 Å². The van der Waals surface area contributed by atoms with E-state index in [0.29, 0.717) is 35.1 Å². The van der Waals surface area contributed by atoms with Gasteiger partial charge < -0.3 is 14.8 Å².